The molecule has 1 heterocycles. The second-order valence-corrected chi connectivity index (χ2v) is 2.88. The molecule has 0 aliphatic rings. The third kappa shape index (κ3) is 1.02. The van der Waals surface area contributed by atoms with Gasteiger partial charge in [0.25, 0.3) is 0 Å². The minimum Gasteiger partial charge on any atom is -0.398 e. The Labute approximate surface area is 75.2 Å². The predicted molar refractivity (Wildman–Crippen MR) is 49.8 cm³/mol. The summed E-state index contributed by atoms with van der Waals surface area (Å²) < 4.78 is 1.70. The largest absolute Gasteiger partial charge is 0.398 e. The van der Waals surface area contributed by atoms with Gasteiger partial charge in [-0.25, -0.2) is 0 Å². The number of nitrogens with two attached hydrogens (primary N) is 1. The van der Waals surface area contributed by atoms with Crippen molar-refractivity contribution in [2.75, 3.05) is 5.73 Å². The minimum atomic E-state index is 0.564. The van der Waals surface area contributed by atoms with Crippen LogP contribution in [0.25, 0.3) is 10.9 Å². The Morgan fingerprint density at radius 3 is 3.00 bits per heavy atom. The average molecular weight is 172 g/mol. The number of rotatable bonds is 0. The normalized spacial score (nSPS) is 10.2. The van der Waals surface area contributed by atoms with E-state index in [1.165, 1.54) is 0 Å². The number of benzene rings is 1. The lowest BCUT2D eigenvalue weighted by Gasteiger charge is -1.98. The minimum absolute atomic E-state index is 0.564. The molecular formula is C9H8N4. The zero-order chi connectivity index (χ0) is 9.42. The molecule has 0 fully saturated rings. The fourth-order valence-electron chi connectivity index (χ4n) is 1.34. The van der Waals surface area contributed by atoms with E-state index in [1.54, 1.807) is 23.0 Å². The van der Waals surface area contributed by atoms with E-state index < -0.39 is 0 Å². The maximum atomic E-state index is 8.71. The van der Waals surface area contributed by atoms with Gasteiger partial charge in [0.2, 0.25) is 0 Å². The number of aryl methyl sites for hydroxylation is 1. The molecule has 64 valence electrons. The van der Waals surface area contributed by atoms with Gasteiger partial charge in [-0.05, 0) is 12.1 Å². The average Bonchev–Trinajstić information content (AvgIpc) is 2.48. The highest BCUT2D eigenvalue weighted by Gasteiger charge is 2.04. The van der Waals surface area contributed by atoms with Crippen molar-refractivity contribution in [2.24, 2.45) is 7.05 Å². The lowest BCUT2D eigenvalue weighted by molar-refractivity contribution is 0.797. The summed E-state index contributed by atoms with van der Waals surface area (Å²) in [7, 11) is 1.82. The summed E-state index contributed by atoms with van der Waals surface area (Å²) in [6.45, 7) is 0. The second kappa shape index (κ2) is 2.49. The number of nitrogens with zero attached hydrogens (tertiary/aromatic N) is 3. The van der Waals surface area contributed by atoms with E-state index in [0.29, 0.717) is 11.3 Å². The van der Waals surface area contributed by atoms with E-state index in [2.05, 4.69) is 11.2 Å². The molecule has 4 heteroatoms. The van der Waals surface area contributed by atoms with Gasteiger partial charge in [0.05, 0.1) is 23.3 Å². The summed E-state index contributed by atoms with van der Waals surface area (Å²) in [5.74, 6) is 0. The number of fused-ring (bicyclic) bond motifs is 1. The maximum Gasteiger partial charge on any atom is 0.0993 e. The van der Waals surface area contributed by atoms with Crippen LogP contribution in [0.5, 0.6) is 0 Å². The Balaban J connectivity index is 2.90. The quantitative estimate of drug-likeness (QED) is 0.603. The Kier molecular flexibility index (Phi) is 1.46. The van der Waals surface area contributed by atoms with E-state index in [-0.39, 0.29) is 0 Å². The van der Waals surface area contributed by atoms with Crippen molar-refractivity contribution >= 4 is 16.6 Å². The summed E-state index contributed by atoms with van der Waals surface area (Å²) in [6.07, 6.45) is 1.70. The lowest BCUT2D eigenvalue weighted by Crippen LogP contribution is -1.91. The molecule has 1 aromatic heterocycles. The Morgan fingerprint density at radius 2 is 2.31 bits per heavy atom. The highest BCUT2D eigenvalue weighted by molar-refractivity contribution is 5.91. The maximum absolute atomic E-state index is 8.71. The monoisotopic (exact) mass is 172 g/mol. The molecule has 1 aromatic carbocycles. The third-order valence-corrected chi connectivity index (χ3v) is 2.03. The zero-order valence-corrected chi connectivity index (χ0v) is 7.15. The molecule has 0 amide bonds. The van der Waals surface area contributed by atoms with Crippen LogP contribution >= 0.6 is 0 Å². The molecule has 0 atom stereocenters. The van der Waals surface area contributed by atoms with Gasteiger partial charge in [-0.2, -0.15) is 10.4 Å². The van der Waals surface area contributed by atoms with Crippen LogP contribution in [0.1, 0.15) is 5.56 Å². The molecule has 0 spiro atoms. The molecule has 0 radical (unpaired) electrons. The zero-order valence-electron chi connectivity index (χ0n) is 7.15. The van der Waals surface area contributed by atoms with Gasteiger partial charge in [0.15, 0.2) is 0 Å². The first-order chi connectivity index (χ1) is 6.22. The van der Waals surface area contributed by atoms with Crippen molar-refractivity contribution in [2.45, 2.75) is 0 Å². The molecule has 0 aliphatic heterocycles. The number of hydrogen-bond donors (Lipinski definition) is 1. The Hall–Kier alpha value is -2.02. The van der Waals surface area contributed by atoms with Crippen molar-refractivity contribution in [3.63, 3.8) is 0 Å². The number of hydrogen-bond acceptors (Lipinski definition) is 3. The molecule has 0 unspecified atom stereocenters. The summed E-state index contributed by atoms with van der Waals surface area (Å²) in [6, 6.07) is 5.49. The Bertz CT molecular complexity index is 504. The Morgan fingerprint density at radius 1 is 1.54 bits per heavy atom. The fraction of sp³-hybridized carbons (Fsp3) is 0.111. The summed E-state index contributed by atoms with van der Waals surface area (Å²) in [5.41, 5.74) is 7.79. The van der Waals surface area contributed by atoms with E-state index in [1.807, 2.05) is 7.05 Å². The second-order valence-electron chi connectivity index (χ2n) is 2.88. The van der Waals surface area contributed by atoms with Crippen LogP contribution in [-0.2, 0) is 7.05 Å². The van der Waals surface area contributed by atoms with Crippen molar-refractivity contribution in [3.05, 3.63) is 23.9 Å². The number of nitriles is 1. The van der Waals surface area contributed by atoms with Crippen molar-refractivity contribution in [3.8, 4) is 6.07 Å². The van der Waals surface area contributed by atoms with Gasteiger partial charge in [-0.15, -0.1) is 0 Å². The van der Waals surface area contributed by atoms with Crippen LogP contribution in [-0.4, -0.2) is 9.78 Å². The predicted octanol–water partition coefficient (Wildman–Crippen LogP) is 1.03. The van der Waals surface area contributed by atoms with Gasteiger partial charge >= 0.3 is 0 Å². The molecule has 4 nitrogen and oxygen atoms in total. The van der Waals surface area contributed by atoms with E-state index >= 15 is 0 Å². The van der Waals surface area contributed by atoms with Crippen LogP contribution in [0.15, 0.2) is 18.3 Å². The fourth-order valence-corrected chi connectivity index (χ4v) is 1.34. The first kappa shape index (κ1) is 7.62. The van der Waals surface area contributed by atoms with E-state index in [4.69, 9.17) is 11.0 Å². The number of aromatic nitrogens is 2. The summed E-state index contributed by atoms with van der Waals surface area (Å²) >= 11 is 0. The van der Waals surface area contributed by atoms with Gasteiger partial charge < -0.3 is 5.73 Å². The number of anilines is 1. The molecule has 0 saturated heterocycles. The SMILES string of the molecule is Cn1ncc2c(N)cc(C#N)cc21. The highest BCUT2D eigenvalue weighted by Crippen LogP contribution is 2.21. The summed E-state index contributed by atoms with van der Waals surface area (Å²) in [4.78, 5) is 0. The molecule has 2 rings (SSSR count). The molecular weight excluding hydrogens is 164 g/mol. The standard InChI is InChI=1S/C9H8N4/c1-13-9-3-6(4-10)2-8(11)7(9)5-12-13/h2-3,5H,11H2,1H3. The van der Waals surface area contributed by atoms with Gasteiger partial charge in [0.1, 0.15) is 0 Å². The van der Waals surface area contributed by atoms with Crippen molar-refractivity contribution in [1.82, 2.24) is 9.78 Å². The number of nitrogen functional groups attached to an aromatic ring is 1. The van der Waals surface area contributed by atoms with Crippen LogP contribution < -0.4 is 5.73 Å². The lowest BCUT2D eigenvalue weighted by atomic mass is 10.1. The molecule has 0 saturated carbocycles. The summed E-state index contributed by atoms with van der Waals surface area (Å²) in [5, 5.41) is 13.7. The van der Waals surface area contributed by atoms with Crippen LogP contribution in [0.4, 0.5) is 5.69 Å². The third-order valence-electron chi connectivity index (χ3n) is 2.03. The van der Waals surface area contributed by atoms with Crippen LogP contribution in [0, 0.1) is 11.3 Å². The molecule has 0 bridgehead atoms. The molecule has 2 N–H and O–H groups in total. The smallest absolute Gasteiger partial charge is 0.0993 e. The van der Waals surface area contributed by atoms with Gasteiger partial charge in [-0.3, -0.25) is 4.68 Å². The van der Waals surface area contributed by atoms with Crippen LogP contribution in [0.3, 0.4) is 0 Å². The van der Waals surface area contributed by atoms with Gasteiger partial charge in [-0.1, -0.05) is 0 Å². The molecule has 0 aliphatic carbocycles. The van der Waals surface area contributed by atoms with Crippen molar-refractivity contribution in [1.29, 1.82) is 5.26 Å². The first-order valence-electron chi connectivity index (χ1n) is 3.83. The first-order valence-corrected chi connectivity index (χ1v) is 3.83. The van der Waals surface area contributed by atoms with E-state index in [9.17, 15) is 0 Å². The van der Waals surface area contributed by atoms with Crippen molar-refractivity contribution < 1.29 is 0 Å². The van der Waals surface area contributed by atoms with Crippen LogP contribution in [0.2, 0.25) is 0 Å². The highest BCUT2D eigenvalue weighted by atomic mass is 15.2. The topological polar surface area (TPSA) is 67.6 Å². The molecule has 13 heavy (non-hydrogen) atoms. The van der Waals surface area contributed by atoms with E-state index in [0.717, 1.165) is 10.9 Å². The molecule has 2 aromatic rings. The van der Waals surface area contributed by atoms with Gasteiger partial charge in [0, 0.05) is 18.1 Å².